The molecule has 30 heavy (non-hydrogen) atoms. The van der Waals surface area contributed by atoms with Crippen LogP contribution in [0.15, 0.2) is 53.1 Å². The smallest absolute Gasteiger partial charge is 0.257 e. The molecule has 1 aliphatic heterocycles. The van der Waals surface area contributed by atoms with Gasteiger partial charge in [0.1, 0.15) is 5.75 Å². The number of para-hydroxylation sites is 1. The van der Waals surface area contributed by atoms with Crippen LogP contribution in [0.3, 0.4) is 0 Å². The highest BCUT2D eigenvalue weighted by atomic mass is 16.5. The maximum absolute atomic E-state index is 13.1. The molecule has 7 nitrogen and oxygen atoms in total. The van der Waals surface area contributed by atoms with Crippen molar-refractivity contribution in [3.8, 4) is 5.75 Å². The molecule has 4 rings (SSSR count). The molecule has 1 amide bonds. The first kappa shape index (κ1) is 20.1. The zero-order valence-electron chi connectivity index (χ0n) is 17.4. The predicted octanol–water partition coefficient (Wildman–Crippen LogP) is 3.22. The molecule has 7 heteroatoms. The average molecular weight is 406 g/mol. The minimum atomic E-state index is -0.00886. The normalized spacial score (nSPS) is 14.7. The monoisotopic (exact) mass is 406 g/mol. The number of nitrogens with zero attached hydrogens (tertiary/aromatic N) is 4. The quantitative estimate of drug-likeness (QED) is 0.626. The molecule has 156 valence electrons. The molecule has 0 unspecified atom stereocenters. The number of hydrogen-bond acceptors (Lipinski definition) is 6. The van der Waals surface area contributed by atoms with Crippen LogP contribution in [0.5, 0.6) is 5.75 Å². The van der Waals surface area contributed by atoms with Crippen molar-refractivity contribution < 1.29 is 14.1 Å². The Bertz CT molecular complexity index is 1010. The van der Waals surface area contributed by atoms with Gasteiger partial charge < -0.3 is 14.2 Å². The fourth-order valence-electron chi connectivity index (χ4n) is 3.62. The summed E-state index contributed by atoms with van der Waals surface area (Å²) in [7, 11) is 0. The van der Waals surface area contributed by atoms with Crippen molar-refractivity contribution in [2.75, 3.05) is 26.2 Å². The summed E-state index contributed by atoms with van der Waals surface area (Å²) in [6.07, 6.45) is 0. The van der Waals surface area contributed by atoms with Gasteiger partial charge in [-0.15, -0.1) is 0 Å². The van der Waals surface area contributed by atoms with Gasteiger partial charge in [-0.3, -0.25) is 9.69 Å². The zero-order chi connectivity index (χ0) is 20.9. The number of carbonyl (C=O) groups is 1. The van der Waals surface area contributed by atoms with E-state index in [1.807, 2.05) is 17.0 Å². The second kappa shape index (κ2) is 9.09. The Hall–Kier alpha value is -3.19. The number of aromatic nitrogens is 2. The van der Waals surface area contributed by atoms with Crippen molar-refractivity contribution >= 4 is 5.91 Å². The molecule has 0 saturated carbocycles. The van der Waals surface area contributed by atoms with Gasteiger partial charge in [0.15, 0.2) is 6.61 Å². The van der Waals surface area contributed by atoms with Crippen LogP contribution in [0.2, 0.25) is 0 Å². The zero-order valence-corrected chi connectivity index (χ0v) is 17.4. The number of hydrogen-bond donors (Lipinski definition) is 0. The van der Waals surface area contributed by atoms with E-state index in [0.717, 1.165) is 19.6 Å². The Morgan fingerprint density at radius 2 is 1.77 bits per heavy atom. The number of ether oxygens (including phenoxy) is 1. The highest BCUT2D eigenvalue weighted by Gasteiger charge is 2.24. The average Bonchev–Trinajstić information content (AvgIpc) is 3.19. The number of amides is 1. The highest BCUT2D eigenvalue weighted by molar-refractivity contribution is 5.97. The first-order valence-electron chi connectivity index (χ1n) is 10.2. The lowest BCUT2D eigenvalue weighted by Crippen LogP contribution is -2.48. The van der Waals surface area contributed by atoms with Gasteiger partial charge in [0, 0.05) is 39.6 Å². The summed E-state index contributed by atoms with van der Waals surface area (Å²) >= 11 is 0. The standard InChI is InChI=1S/C23H26N4O3/c1-17-7-3-4-8-19(17)15-26-11-13-27(14-12-26)23(28)20-9-5-6-10-21(20)29-16-22-24-18(2)30-25-22/h3-10H,11-16H2,1-2H3. The van der Waals surface area contributed by atoms with Gasteiger partial charge in [0.25, 0.3) is 5.91 Å². The van der Waals surface area contributed by atoms with Crippen molar-refractivity contribution in [3.05, 3.63) is 76.9 Å². The SMILES string of the molecule is Cc1nc(COc2ccccc2C(=O)N2CCN(Cc3ccccc3C)CC2)no1. The fraction of sp³-hybridized carbons (Fsp3) is 0.348. The van der Waals surface area contributed by atoms with Gasteiger partial charge in [-0.2, -0.15) is 4.98 Å². The van der Waals surface area contributed by atoms with Crippen LogP contribution in [-0.2, 0) is 13.2 Å². The summed E-state index contributed by atoms with van der Waals surface area (Å²) in [6.45, 7) is 8.04. The molecular weight excluding hydrogens is 380 g/mol. The molecule has 1 aliphatic rings. The van der Waals surface area contributed by atoms with E-state index >= 15 is 0 Å². The predicted molar refractivity (Wildman–Crippen MR) is 112 cm³/mol. The molecule has 0 atom stereocenters. The lowest BCUT2D eigenvalue weighted by molar-refractivity contribution is 0.0623. The van der Waals surface area contributed by atoms with E-state index in [-0.39, 0.29) is 12.5 Å². The molecule has 1 fully saturated rings. The van der Waals surface area contributed by atoms with E-state index in [0.29, 0.717) is 36.1 Å². The molecule has 2 heterocycles. The van der Waals surface area contributed by atoms with Gasteiger partial charge in [0.05, 0.1) is 5.56 Å². The van der Waals surface area contributed by atoms with E-state index in [9.17, 15) is 4.79 Å². The van der Waals surface area contributed by atoms with Gasteiger partial charge in [-0.05, 0) is 30.2 Å². The van der Waals surface area contributed by atoms with E-state index in [1.54, 1.807) is 19.1 Å². The van der Waals surface area contributed by atoms with E-state index in [2.05, 4.69) is 46.2 Å². The van der Waals surface area contributed by atoms with Crippen LogP contribution in [-0.4, -0.2) is 52.0 Å². The Labute approximate surface area is 176 Å². The van der Waals surface area contributed by atoms with Crippen LogP contribution in [0.1, 0.15) is 33.2 Å². The fourth-order valence-corrected chi connectivity index (χ4v) is 3.62. The summed E-state index contributed by atoms with van der Waals surface area (Å²) in [5.74, 6) is 1.47. The molecule has 2 aromatic carbocycles. The Kier molecular flexibility index (Phi) is 6.09. The first-order valence-corrected chi connectivity index (χ1v) is 10.2. The van der Waals surface area contributed by atoms with Crippen LogP contribution in [0, 0.1) is 13.8 Å². The first-order chi connectivity index (χ1) is 14.6. The molecule has 0 bridgehead atoms. The molecule has 1 aromatic heterocycles. The van der Waals surface area contributed by atoms with Crippen molar-refractivity contribution in [1.29, 1.82) is 0 Å². The molecular formula is C23H26N4O3. The lowest BCUT2D eigenvalue weighted by Gasteiger charge is -2.35. The number of piperazine rings is 1. The van der Waals surface area contributed by atoms with Crippen LogP contribution in [0.25, 0.3) is 0 Å². The number of aryl methyl sites for hydroxylation is 2. The molecule has 0 radical (unpaired) electrons. The topological polar surface area (TPSA) is 71.7 Å². The minimum Gasteiger partial charge on any atom is -0.485 e. The minimum absolute atomic E-state index is 0.00886. The molecule has 3 aromatic rings. The van der Waals surface area contributed by atoms with Gasteiger partial charge in [-0.25, -0.2) is 0 Å². The second-order valence-corrected chi connectivity index (χ2v) is 7.51. The largest absolute Gasteiger partial charge is 0.485 e. The summed E-state index contributed by atoms with van der Waals surface area (Å²) < 4.78 is 10.8. The van der Waals surface area contributed by atoms with Crippen LogP contribution in [0.4, 0.5) is 0 Å². The summed E-state index contributed by atoms with van der Waals surface area (Å²) in [5.41, 5.74) is 3.21. The number of rotatable bonds is 6. The van der Waals surface area contributed by atoms with Crippen molar-refractivity contribution in [1.82, 2.24) is 19.9 Å². The maximum Gasteiger partial charge on any atom is 0.257 e. The third-order valence-electron chi connectivity index (χ3n) is 5.36. The number of carbonyl (C=O) groups excluding carboxylic acids is 1. The maximum atomic E-state index is 13.1. The van der Waals surface area contributed by atoms with Crippen molar-refractivity contribution in [3.63, 3.8) is 0 Å². The van der Waals surface area contributed by atoms with Crippen LogP contribution >= 0.6 is 0 Å². The third kappa shape index (κ3) is 4.68. The Balaban J connectivity index is 1.36. The van der Waals surface area contributed by atoms with Crippen molar-refractivity contribution in [2.45, 2.75) is 27.0 Å². The van der Waals surface area contributed by atoms with Gasteiger partial charge in [-0.1, -0.05) is 41.6 Å². The molecule has 1 saturated heterocycles. The number of benzene rings is 2. The molecule has 0 aliphatic carbocycles. The highest BCUT2D eigenvalue weighted by Crippen LogP contribution is 2.22. The lowest BCUT2D eigenvalue weighted by atomic mass is 10.1. The van der Waals surface area contributed by atoms with Gasteiger partial charge in [0.2, 0.25) is 11.7 Å². The molecule has 0 spiro atoms. The van der Waals surface area contributed by atoms with E-state index < -0.39 is 0 Å². The van der Waals surface area contributed by atoms with Gasteiger partial charge >= 0.3 is 0 Å². The third-order valence-corrected chi connectivity index (χ3v) is 5.36. The van der Waals surface area contributed by atoms with Crippen molar-refractivity contribution in [2.24, 2.45) is 0 Å². The molecule has 0 N–H and O–H groups in total. The van der Waals surface area contributed by atoms with E-state index in [1.165, 1.54) is 11.1 Å². The van der Waals surface area contributed by atoms with Crippen LogP contribution < -0.4 is 4.74 Å². The Morgan fingerprint density at radius 3 is 2.50 bits per heavy atom. The summed E-state index contributed by atoms with van der Waals surface area (Å²) in [6, 6.07) is 15.8. The second-order valence-electron chi connectivity index (χ2n) is 7.51. The van der Waals surface area contributed by atoms with E-state index in [4.69, 9.17) is 9.26 Å². The Morgan fingerprint density at radius 1 is 1.03 bits per heavy atom. The summed E-state index contributed by atoms with van der Waals surface area (Å²) in [5, 5.41) is 3.83. The summed E-state index contributed by atoms with van der Waals surface area (Å²) in [4.78, 5) is 21.6.